The lowest BCUT2D eigenvalue weighted by atomic mass is 9.86. The summed E-state index contributed by atoms with van der Waals surface area (Å²) in [6, 6.07) is 6.91. The van der Waals surface area contributed by atoms with Gasteiger partial charge in [-0.05, 0) is 48.3 Å². The van der Waals surface area contributed by atoms with Gasteiger partial charge >= 0.3 is 0 Å². The van der Waals surface area contributed by atoms with Gasteiger partial charge in [0.1, 0.15) is 0 Å². The molecule has 0 aliphatic carbocycles. The number of benzene rings is 1. The van der Waals surface area contributed by atoms with Crippen LogP contribution in [0.2, 0.25) is 0 Å². The van der Waals surface area contributed by atoms with Gasteiger partial charge in [0.05, 0.1) is 17.5 Å². The zero-order valence-corrected chi connectivity index (χ0v) is 14.9. The quantitative estimate of drug-likeness (QED) is 0.802. The Kier molecular flexibility index (Phi) is 4.28. The van der Waals surface area contributed by atoms with E-state index in [-0.39, 0.29) is 5.41 Å². The Morgan fingerprint density at radius 3 is 2.29 bits per heavy atom. The summed E-state index contributed by atoms with van der Waals surface area (Å²) in [5.74, 6) is 0. The van der Waals surface area contributed by atoms with Crippen molar-refractivity contribution in [1.82, 2.24) is 0 Å². The molecule has 1 heterocycles. The average molecular weight is 288 g/mol. The monoisotopic (exact) mass is 288 g/mol. The number of nitrogens with one attached hydrogen (secondary N) is 1. The van der Waals surface area contributed by atoms with Gasteiger partial charge < -0.3 is 10.2 Å². The van der Waals surface area contributed by atoms with Gasteiger partial charge in [-0.2, -0.15) is 0 Å². The number of nitrogens with zero attached hydrogens (tertiary/aromatic N) is 1. The maximum atomic E-state index is 3.71. The van der Waals surface area contributed by atoms with Gasteiger partial charge in [0.2, 0.25) is 0 Å². The van der Waals surface area contributed by atoms with Crippen molar-refractivity contribution in [2.75, 3.05) is 16.8 Å². The summed E-state index contributed by atoms with van der Waals surface area (Å²) in [5.41, 5.74) is 4.69. The van der Waals surface area contributed by atoms with Crippen molar-refractivity contribution >= 4 is 11.4 Å². The number of hydrogen-bond donors (Lipinski definition) is 1. The summed E-state index contributed by atoms with van der Waals surface area (Å²) >= 11 is 0. The summed E-state index contributed by atoms with van der Waals surface area (Å²) in [6.07, 6.45) is 2.87. The minimum Gasteiger partial charge on any atom is -0.364 e. The van der Waals surface area contributed by atoms with Crippen LogP contribution in [0.1, 0.15) is 66.9 Å². The molecule has 1 aliphatic rings. The molecular weight excluding hydrogens is 256 g/mol. The molecule has 2 nitrogen and oxygen atoms in total. The molecule has 1 atom stereocenters. The van der Waals surface area contributed by atoms with Crippen molar-refractivity contribution in [2.45, 2.75) is 72.9 Å². The minimum absolute atomic E-state index is 0.206. The van der Waals surface area contributed by atoms with Crippen LogP contribution in [0.4, 0.5) is 11.4 Å². The molecule has 21 heavy (non-hydrogen) atoms. The van der Waals surface area contributed by atoms with E-state index in [1.165, 1.54) is 29.8 Å². The fourth-order valence-corrected chi connectivity index (χ4v) is 2.97. The first-order chi connectivity index (χ1) is 9.62. The molecule has 0 saturated carbocycles. The molecule has 0 saturated heterocycles. The molecule has 2 rings (SSSR count). The van der Waals surface area contributed by atoms with Crippen LogP contribution >= 0.6 is 0 Å². The lowest BCUT2D eigenvalue weighted by molar-refractivity contribution is 0.352. The standard InChI is InChI=1S/C19H32N2/c1-8-21-16-13-14(19(5,6)7)9-10-15(16)20-17(21)11-12-18(2,3)4/h9-10,13,17,20H,8,11-12H2,1-7H3. The van der Waals surface area contributed by atoms with E-state index in [9.17, 15) is 0 Å². The highest BCUT2D eigenvalue weighted by atomic mass is 15.3. The Bertz CT molecular complexity index is 491. The van der Waals surface area contributed by atoms with Crippen LogP contribution < -0.4 is 10.2 Å². The third-order valence-corrected chi connectivity index (χ3v) is 4.38. The third kappa shape index (κ3) is 3.72. The molecule has 0 fully saturated rings. The molecule has 1 N–H and O–H groups in total. The Morgan fingerprint density at radius 2 is 1.76 bits per heavy atom. The molecule has 1 aromatic carbocycles. The lowest BCUT2D eigenvalue weighted by Crippen LogP contribution is -2.36. The molecule has 1 unspecified atom stereocenters. The van der Waals surface area contributed by atoms with Crippen LogP contribution in [0, 0.1) is 5.41 Å². The SMILES string of the molecule is CCN1c2cc(C(C)(C)C)ccc2NC1CCC(C)(C)C. The van der Waals surface area contributed by atoms with Crippen molar-refractivity contribution in [3.63, 3.8) is 0 Å². The molecular formula is C19H32N2. The number of rotatable bonds is 3. The Hall–Kier alpha value is -1.18. The van der Waals surface area contributed by atoms with E-state index >= 15 is 0 Å². The van der Waals surface area contributed by atoms with Crippen molar-refractivity contribution < 1.29 is 0 Å². The van der Waals surface area contributed by atoms with Gasteiger partial charge in [-0.3, -0.25) is 0 Å². The minimum atomic E-state index is 0.206. The predicted molar refractivity (Wildman–Crippen MR) is 94.3 cm³/mol. The highest BCUT2D eigenvalue weighted by molar-refractivity contribution is 5.77. The second-order valence-electron chi connectivity index (χ2n) is 8.53. The first kappa shape index (κ1) is 16.2. The summed E-state index contributed by atoms with van der Waals surface area (Å²) in [7, 11) is 0. The van der Waals surface area contributed by atoms with E-state index in [0.29, 0.717) is 11.6 Å². The van der Waals surface area contributed by atoms with Gasteiger partial charge in [-0.25, -0.2) is 0 Å². The first-order valence-corrected chi connectivity index (χ1v) is 8.29. The summed E-state index contributed by atoms with van der Waals surface area (Å²) in [4.78, 5) is 2.52. The number of hydrogen-bond acceptors (Lipinski definition) is 2. The first-order valence-electron chi connectivity index (χ1n) is 8.29. The Balaban J connectivity index is 2.21. The largest absolute Gasteiger partial charge is 0.364 e. The zero-order chi connectivity index (χ0) is 15.8. The molecule has 0 spiro atoms. The van der Waals surface area contributed by atoms with Crippen LogP contribution in [0.25, 0.3) is 0 Å². The van der Waals surface area contributed by atoms with Crippen LogP contribution in [0.15, 0.2) is 18.2 Å². The summed E-state index contributed by atoms with van der Waals surface area (Å²) in [5, 5.41) is 3.71. The second kappa shape index (κ2) is 5.55. The molecule has 0 aromatic heterocycles. The molecule has 0 bridgehead atoms. The van der Waals surface area contributed by atoms with Gasteiger partial charge in [0.25, 0.3) is 0 Å². The van der Waals surface area contributed by atoms with Gasteiger partial charge in [0.15, 0.2) is 0 Å². The maximum absolute atomic E-state index is 3.71. The maximum Gasteiger partial charge on any atom is 0.0991 e. The highest BCUT2D eigenvalue weighted by Gasteiger charge is 2.29. The molecule has 1 aliphatic heterocycles. The highest BCUT2D eigenvalue weighted by Crippen LogP contribution is 2.39. The predicted octanol–water partition coefficient (Wildman–Crippen LogP) is 5.39. The zero-order valence-electron chi connectivity index (χ0n) is 14.9. The van der Waals surface area contributed by atoms with Gasteiger partial charge in [-0.15, -0.1) is 0 Å². The molecule has 0 radical (unpaired) electrons. The fourth-order valence-electron chi connectivity index (χ4n) is 2.97. The van der Waals surface area contributed by atoms with Crippen LogP contribution in [0.3, 0.4) is 0 Å². The van der Waals surface area contributed by atoms with E-state index in [0.717, 1.165) is 6.54 Å². The van der Waals surface area contributed by atoms with Crippen molar-refractivity contribution in [1.29, 1.82) is 0 Å². The lowest BCUT2D eigenvalue weighted by Gasteiger charge is -2.29. The molecule has 0 amide bonds. The number of fused-ring (bicyclic) bond motifs is 1. The fraction of sp³-hybridized carbons (Fsp3) is 0.684. The average Bonchev–Trinajstić information content (AvgIpc) is 2.70. The summed E-state index contributed by atoms with van der Waals surface area (Å²) in [6.45, 7) is 17.1. The van der Waals surface area contributed by atoms with Crippen LogP contribution in [0.5, 0.6) is 0 Å². The van der Waals surface area contributed by atoms with E-state index in [1.54, 1.807) is 0 Å². The second-order valence-corrected chi connectivity index (χ2v) is 8.53. The topological polar surface area (TPSA) is 15.3 Å². The molecule has 1 aromatic rings. The van der Waals surface area contributed by atoms with E-state index < -0.39 is 0 Å². The number of anilines is 2. The normalized spacial score (nSPS) is 18.6. The third-order valence-electron chi connectivity index (χ3n) is 4.38. The van der Waals surface area contributed by atoms with Crippen molar-refractivity contribution in [3.05, 3.63) is 23.8 Å². The van der Waals surface area contributed by atoms with Crippen molar-refractivity contribution in [3.8, 4) is 0 Å². The van der Waals surface area contributed by atoms with Crippen LogP contribution in [-0.2, 0) is 5.41 Å². The summed E-state index contributed by atoms with van der Waals surface area (Å²) < 4.78 is 0. The van der Waals surface area contributed by atoms with Gasteiger partial charge in [0, 0.05) is 6.54 Å². The smallest absolute Gasteiger partial charge is 0.0991 e. The molecule has 118 valence electrons. The van der Waals surface area contributed by atoms with E-state index in [4.69, 9.17) is 0 Å². The van der Waals surface area contributed by atoms with Gasteiger partial charge in [-0.1, -0.05) is 47.6 Å². The molecule has 2 heteroatoms. The Labute approximate surface area is 130 Å². The Morgan fingerprint density at radius 1 is 1.10 bits per heavy atom. The van der Waals surface area contributed by atoms with Crippen molar-refractivity contribution in [2.24, 2.45) is 5.41 Å². The van der Waals surface area contributed by atoms with Crippen LogP contribution in [-0.4, -0.2) is 12.7 Å². The van der Waals surface area contributed by atoms with E-state index in [1.807, 2.05) is 0 Å². The van der Waals surface area contributed by atoms with E-state index in [2.05, 4.69) is 76.9 Å².